The summed E-state index contributed by atoms with van der Waals surface area (Å²) in [5.41, 5.74) is 6.91. The van der Waals surface area contributed by atoms with Crippen molar-refractivity contribution in [3.63, 3.8) is 0 Å². The summed E-state index contributed by atoms with van der Waals surface area (Å²) in [5.74, 6) is 1.68. The van der Waals surface area contributed by atoms with Crippen molar-refractivity contribution in [1.29, 1.82) is 0 Å². The first-order chi connectivity index (χ1) is 14.6. The van der Waals surface area contributed by atoms with Gasteiger partial charge < -0.3 is 20.4 Å². The highest BCUT2D eigenvalue weighted by molar-refractivity contribution is 5.14. The van der Waals surface area contributed by atoms with Crippen LogP contribution in [0.2, 0.25) is 0 Å². The van der Waals surface area contributed by atoms with Crippen LogP contribution in [0.1, 0.15) is 32.3 Å². The summed E-state index contributed by atoms with van der Waals surface area (Å²) >= 11 is 0. The van der Waals surface area contributed by atoms with Crippen LogP contribution in [0.5, 0.6) is 0 Å². The monoisotopic (exact) mass is 417 g/mol. The van der Waals surface area contributed by atoms with Gasteiger partial charge in [0, 0.05) is 52.4 Å². The summed E-state index contributed by atoms with van der Waals surface area (Å²) in [6.45, 7) is 17.2. The molecule has 1 aromatic carbocycles. The molecule has 3 aliphatic heterocycles. The van der Waals surface area contributed by atoms with Crippen molar-refractivity contribution in [2.75, 3.05) is 79.5 Å². The average molecular weight is 418 g/mol. The Morgan fingerprint density at radius 2 is 1.30 bits per heavy atom. The molecule has 5 nitrogen and oxygen atoms in total. The third-order valence-electron chi connectivity index (χ3n) is 6.54. The van der Waals surface area contributed by atoms with Crippen LogP contribution < -0.4 is 5.73 Å². The number of rotatable bonds is 5. The maximum atomic E-state index is 5.47. The predicted octanol–water partition coefficient (Wildman–Crippen LogP) is 2.68. The molecule has 0 spiro atoms. The van der Waals surface area contributed by atoms with E-state index in [1.54, 1.807) is 0 Å². The molecule has 0 saturated carbocycles. The van der Waals surface area contributed by atoms with E-state index in [-0.39, 0.29) is 0 Å². The maximum absolute atomic E-state index is 5.47. The van der Waals surface area contributed by atoms with Gasteiger partial charge >= 0.3 is 0 Å². The number of nitrogens with two attached hydrogens (primary N) is 1. The molecule has 2 unspecified atom stereocenters. The highest BCUT2D eigenvalue weighted by atomic mass is 15.3. The van der Waals surface area contributed by atoms with Gasteiger partial charge in [-0.3, -0.25) is 4.90 Å². The fourth-order valence-electron chi connectivity index (χ4n) is 4.73. The third kappa shape index (κ3) is 9.03. The molecular formula is C25H47N5. The van der Waals surface area contributed by atoms with Crippen LogP contribution in [0.25, 0.3) is 0 Å². The van der Waals surface area contributed by atoms with Crippen molar-refractivity contribution in [3.05, 3.63) is 35.9 Å². The molecule has 30 heavy (non-hydrogen) atoms. The van der Waals surface area contributed by atoms with E-state index < -0.39 is 0 Å². The molecule has 4 rings (SSSR count). The van der Waals surface area contributed by atoms with Gasteiger partial charge in [0.05, 0.1) is 0 Å². The summed E-state index contributed by atoms with van der Waals surface area (Å²) in [6, 6.07) is 10.9. The summed E-state index contributed by atoms with van der Waals surface area (Å²) < 4.78 is 0. The van der Waals surface area contributed by atoms with Gasteiger partial charge in [-0.1, -0.05) is 44.2 Å². The minimum absolute atomic E-state index is 0.778. The Hall–Kier alpha value is -0.980. The lowest BCUT2D eigenvalue weighted by molar-refractivity contribution is 0.114. The molecule has 2 atom stereocenters. The van der Waals surface area contributed by atoms with Crippen LogP contribution in [-0.2, 0) is 6.54 Å². The van der Waals surface area contributed by atoms with Crippen LogP contribution in [0.3, 0.4) is 0 Å². The summed E-state index contributed by atoms with van der Waals surface area (Å²) in [5, 5.41) is 0. The molecule has 2 N–H and O–H groups in total. The van der Waals surface area contributed by atoms with Crippen molar-refractivity contribution in [1.82, 2.24) is 19.6 Å². The first kappa shape index (κ1) is 25.3. The number of piperazine rings is 1. The fourth-order valence-corrected chi connectivity index (χ4v) is 4.73. The number of benzene rings is 1. The van der Waals surface area contributed by atoms with Crippen molar-refractivity contribution in [2.45, 2.75) is 33.2 Å². The molecule has 3 heterocycles. The molecule has 3 aliphatic rings. The molecule has 1 aromatic rings. The smallest absolute Gasteiger partial charge is 0.0234 e. The lowest BCUT2D eigenvalue weighted by atomic mass is 10.1. The van der Waals surface area contributed by atoms with E-state index in [2.05, 4.69) is 64.0 Å². The molecule has 0 aromatic heterocycles. The van der Waals surface area contributed by atoms with Gasteiger partial charge in [0.2, 0.25) is 0 Å². The van der Waals surface area contributed by atoms with Crippen molar-refractivity contribution in [2.24, 2.45) is 17.6 Å². The van der Waals surface area contributed by atoms with Gasteiger partial charge in [-0.25, -0.2) is 0 Å². The lowest BCUT2D eigenvalue weighted by Crippen LogP contribution is -2.47. The minimum atomic E-state index is 0.778. The van der Waals surface area contributed by atoms with Crippen molar-refractivity contribution < 1.29 is 0 Å². The molecule has 3 saturated heterocycles. The van der Waals surface area contributed by atoms with E-state index in [0.29, 0.717) is 0 Å². The molecule has 0 amide bonds. The highest BCUT2D eigenvalue weighted by Crippen LogP contribution is 2.17. The first-order valence-corrected chi connectivity index (χ1v) is 12.2. The number of nitrogens with zero attached hydrogens (tertiary/aromatic N) is 4. The van der Waals surface area contributed by atoms with Crippen molar-refractivity contribution >= 4 is 0 Å². The molecular weight excluding hydrogens is 370 g/mol. The van der Waals surface area contributed by atoms with E-state index >= 15 is 0 Å². The highest BCUT2D eigenvalue weighted by Gasteiger charge is 2.24. The Kier molecular flexibility index (Phi) is 11.9. The second-order valence-corrected chi connectivity index (χ2v) is 9.13. The summed E-state index contributed by atoms with van der Waals surface area (Å²) in [7, 11) is 4.40. The van der Waals surface area contributed by atoms with Crippen LogP contribution >= 0.6 is 0 Å². The van der Waals surface area contributed by atoms with E-state index in [9.17, 15) is 0 Å². The Balaban J connectivity index is 0.000000269. The normalized spacial score (nSPS) is 26.0. The fraction of sp³-hybridized carbons (Fsp3) is 0.760. The van der Waals surface area contributed by atoms with E-state index in [1.165, 1.54) is 77.3 Å². The molecule has 0 radical (unpaired) electrons. The summed E-state index contributed by atoms with van der Waals surface area (Å²) in [6.07, 6.45) is 2.69. The van der Waals surface area contributed by atoms with Crippen LogP contribution in [0, 0.1) is 11.8 Å². The number of hydrogen-bond acceptors (Lipinski definition) is 5. The largest absolute Gasteiger partial charge is 0.330 e. The Bertz CT molecular complexity index is 544. The van der Waals surface area contributed by atoms with Gasteiger partial charge in [0.1, 0.15) is 0 Å². The Labute approximate surface area is 186 Å². The second kappa shape index (κ2) is 14.2. The lowest BCUT2D eigenvalue weighted by Gasteiger charge is -2.36. The zero-order chi connectivity index (χ0) is 21.8. The quantitative estimate of drug-likeness (QED) is 0.797. The first-order valence-electron chi connectivity index (χ1n) is 12.2. The SMILES string of the molecule is CC.CN1CCC(CN)C1.CN1CCC(CN2CCN(Cc3ccccc3)CC2)C1. The van der Waals surface area contributed by atoms with Crippen molar-refractivity contribution in [3.8, 4) is 0 Å². The maximum Gasteiger partial charge on any atom is 0.0234 e. The summed E-state index contributed by atoms with van der Waals surface area (Å²) in [4.78, 5) is 10.1. The van der Waals surface area contributed by atoms with E-state index in [0.717, 1.165) is 24.9 Å². The molecule has 172 valence electrons. The zero-order valence-corrected chi connectivity index (χ0v) is 20.1. The van der Waals surface area contributed by atoms with Crippen LogP contribution in [0.15, 0.2) is 30.3 Å². The van der Waals surface area contributed by atoms with E-state index in [1.807, 2.05) is 13.8 Å². The molecule has 0 aliphatic carbocycles. The zero-order valence-electron chi connectivity index (χ0n) is 20.1. The van der Waals surface area contributed by atoms with Gasteiger partial charge in [-0.05, 0) is 64.0 Å². The van der Waals surface area contributed by atoms with E-state index in [4.69, 9.17) is 5.73 Å². The molecule has 0 bridgehead atoms. The number of hydrogen-bond donors (Lipinski definition) is 1. The standard InChI is InChI=1S/C17H27N3.C6H14N2.C2H6/c1-18-8-7-17(13-18)15-20-11-9-19(10-12-20)14-16-5-3-2-4-6-16;1-8-3-2-6(4-7)5-8;1-2/h2-6,17H,7-15H2,1H3;6H,2-5,7H2,1H3;1-2H3. The average Bonchev–Trinajstić information content (AvgIpc) is 3.40. The van der Waals surface area contributed by atoms with Crippen LogP contribution in [0.4, 0.5) is 0 Å². The predicted molar refractivity (Wildman–Crippen MR) is 130 cm³/mol. The third-order valence-corrected chi connectivity index (χ3v) is 6.54. The number of likely N-dealkylation sites (tertiary alicyclic amines) is 2. The van der Waals surface area contributed by atoms with Crippen LogP contribution in [-0.4, -0.2) is 99.1 Å². The second-order valence-electron chi connectivity index (χ2n) is 9.13. The van der Waals surface area contributed by atoms with Gasteiger partial charge in [-0.2, -0.15) is 0 Å². The molecule has 3 fully saturated rings. The van der Waals surface area contributed by atoms with Gasteiger partial charge in [-0.15, -0.1) is 0 Å². The topological polar surface area (TPSA) is 39.0 Å². The van der Waals surface area contributed by atoms with Gasteiger partial charge in [0.25, 0.3) is 0 Å². The molecule has 5 heteroatoms. The Morgan fingerprint density at radius 1 is 0.767 bits per heavy atom. The Morgan fingerprint density at radius 3 is 1.77 bits per heavy atom. The van der Waals surface area contributed by atoms with Gasteiger partial charge in [0.15, 0.2) is 0 Å². The minimum Gasteiger partial charge on any atom is -0.330 e.